The van der Waals surface area contributed by atoms with Crippen LogP contribution >= 0.6 is 11.5 Å². The smallest absolute Gasteiger partial charge is 0.349 e. The number of rotatable bonds is 2. The molecular weight excluding hydrogens is 156 g/mol. The van der Waals surface area contributed by atoms with E-state index in [-0.39, 0.29) is 17.2 Å². The maximum Gasteiger partial charge on any atom is 0.349 e. The van der Waals surface area contributed by atoms with Gasteiger partial charge in [-0.1, -0.05) is 4.49 Å². The van der Waals surface area contributed by atoms with E-state index < -0.39 is 5.97 Å². The van der Waals surface area contributed by atoms with Gasteiger partial charge in [-0.25, -0.2) is 4.79 Å². The fourth-order valence-corrected chi connectivity index (χ4v) is 0.984. The van der Waals surface area contributed by atoms with Crippen LogP contribution < -0.4 is 0 Å². The number of hydrogen-bond donors (Lipinski definition) is 2. The zero-order chi connectivity index (χ0) is 7.56. The quantitative estimate of drug-likeness (QED) is 0.622. The van der Waals surface area contributed by atoms with Gasteiger partial charge in [-0.3, -0.25) is 0 Å². The van der Waals surface area contributed by atoms with E-state index in [1.807, 2.05) is 0 Å². The van der Waals surface area contributed by atoms with E-state index in [0.29, 0.717) is 0 Å². The summed E-state index contributed by atoms with van der Waals surface area (Å²) in [6.45, 7) is -0.377. The first-order chi connectivity index (χ1) is 4.75. The zero-order valence-corrected chi connectivity index (χ0v) is 5.63. The molecule has 54 valence electrons. The number of carboxylic acids is 1. The van der Waals surface area contributed by atoms with Gasteiger partial charge in [0.05, 0.1) is 6.61 Å². The number of carboxylic acid groups (broad SMARTS) is 1. The van der Waals surface area contributed by atoms with Crippen molar-refractivity contribution in [3.63, 3.8) is 0 Å². The molecule has 0 aromatic carbocycles. The molecule has 0 radical (unpaired) electrons. The molecule has 1 aromatic rings. The third-order valence-electron chi connectivity index (χ3n) is 0.900. The Balaban J connectivity index is 3.01. The molecule has 0 aliphatic rings. The molecule has 0 fully saturated rings. The molecule has 0 atom stereocenters. The van der Waals surface area contributed by atoms with Crippen LogP contribution in [0.4, 0.5) is 0 Å². The highest BCUT2D eigenvalue weighted by Crippen LogP contribution is 2.09. The number of hydrogen-bond acceptors (Lipinski definition) is 5. The second-order valence-corrected chi connectivity index (χ2v) is 2.27. The second-order valence-electron chi connectivity index (χ2n) is 1.51. The lowest BCUT2D eigenvalue weighted by Gasteiger charge is -1.86. The summed E-state index contributed by atoms with van der Waals surface area (Å²) in [5.74, 6) is -1.10. The van der Waals surface area contributed by atoms with Crippen molar-refractivity contribution in [2.75, 3.05) is 0 Å². The maximum absolute atomic E-state index is 10.3. The lowest BCUT2D eigenvalue weighted by molar-refractivity contribution is 0.0698. The van der Waals surface area contributed by atoms with E-state index >= 15 is 0 Å². The SMILES string of the molecule is O=C(O)c1snnc1CO. The van der Waals surface area contributed by atoms with Crippen LogP contribution in [0.2, 0.25) is 0 Å². The maximum atomic E-state index is 10.3. The van der Waals surface area contributed by atoms with Crippen LogP contribution in [0.1, 0.15) is 15.4 Å². The highest BCUT2D eigenvalue weighted by atomic mass is 32.1. The molecule has 10 heavy (non-hydrogen) atoms. The molecule has 1 aromatic heterocycles. The summed E-state index contributed by atoms with van der Waals surface area (Å²) in [5.41, 5.74) is 0.123. The van der Waals surface area contributed by atoms with Gasteiger partial charge in [0.15, 0.2) is 4.88 Å². The van der Waals surface area contributed by atoms with Crippen LogP contribution in [0, 0.1) is 0 Å². The van der Waals surface area contributed by atoms with Crippen LogP contribution in [0.15, 0.2) is 0 Å². The summed E-state index contributed by atoms with van der Waals surface area (Å²) < 4.78 is 3.37. The lowest BCUT2D eigenvalue weighted by atomic mass is 10.4. The van der Waals surface area contributed by atoms with Crippen molar-refractivity contribution in [2.24, 2.45) is 0 Å². The van der Waals surface area contributed by atoms with E-state index in [1.165, 1.54) is 0 Å². The van der Waals surface area contributed by atoms with Gasteiger partial charge in [0, 0.05) is 0 Å². The minimum atomic E-state index is -1.10. The van der Waals surface area contributed by atoms with Gasteiger partial charge in [0.1, 0.15) is 5.69 Å². The highest BCUT2D eigenvalue weighted by Gasteiger charge is 2.12. The summed E-state index contributed by atoms with van der Waals surface area (Å²) in [6, 6.07) is 0. The van der Waals surface area contributed by atoms with Gasteiger partial charge in [-0.15, -0.1) is 5.10 Å². The Morgan fingerprint density at radius 2 is 2.40 bits per heavy atom. The summed E-state index contributed by atoms with van der Waals surface area (Å²) in [5, 5.41) is 20.3. The van der Waals surface area contributed by atoms with E-state index in [4.69, 9.17) is 10.2 Å². The molecule has 0 aliphatic heterocycles. The fraction of sp³-hybridized carbons (Fsp3) is 0.250. The molecule has 1 heterocycles. The Labute approximate surface area is 60.1 Å². The van der Waals surface area contributed by atoms with Crippen molar-refractivity contribution in [2.45, 2.75) is 6.61 Å². The van der Waals surface area contributed by atoms with Crippen molar-refractivity contribution in [1.29, 1.82) is 0 Å². The van der Waals surface area contributed by atoms with Gasteiger partial charge >= 0.3 is 5.97 Å². The third kappa shape index (κ3) is 1.12. The fourth-order valence-electron chi connectivity index (χ4n) is 0.475. The largest absolute Gasteiger partial charge is 0.477 e. The normalized spacial score (nSPS) is 9.70. The minimum Gasteiger partial charge on any atom is -0.477 e. The van der Waals surface area contributed by atoms with Crippen molar-refractivity contribution < 1.29 is 15.0 Å². The second kappa shape index (κ2) is 2.72. The van der Waals surface area contributed by atoms with Crippen LogP contribution in [0.3, 0.4) is 0 Å². The van der Waals surface area contributed by atoms with E-state index in [1.54, 1.807) is 0 Å². The molecule has 0 saturated heterocycles. The molecule has 5 nitrogen and oxygen atoms in total. The Bertz CT molecular complexity index is 246. The Morgan fingerprint density at radius 1 is 1.70 bits per heavy atom. The standard InChI is InChI=1S/C4H4N2O3S/c7-1-2-3(4(8)9)10-6-5-2/h7H,1H2,(H,8,9). The molecule has 0 unspecified atom stereocenters. The van der Waals surface area contributed by atoms with Gasteiger partial charge in [0.2, 0.25) is 0 Å². The summed E-state index contributed by atoms with van der Waals surface area (Å²) >= 11 is 0.762. The molecule has 0 aliphatic carbocycles. The average Bonchev–Trinajstić information content (AvgIpc) is 2.33. The first-order valence-corrected chi connectivity index (χ1v) is 3.18. The summed E-state index contributed by atoms with van der Waals surface area (Å²) in [7, 11) is 0. The molecule has 1 rings (SSSR count). The van der Waals surface area contributed by atoms with E-state index in [2.05, 4.69) is 9.59 Å². The molecule has 2 N–H and O–H groups in total. The Morgan fingerprint density at radius 3 is 2.80 bits per heavy atom. The summed E-state index contributed by atoms with van der Waals surface area (Å²) in [4.78, 5) is 10.3. The van der Waals surface area contributed by atoms with Crippen LogP contribution in [-0.4, -0.2) is 25.8 Å². The number of aliphatic hydroxyl groups excluding tert-OH is 1. The minimum absolute atomic E-state index is 0.00231. The molecule has 0 bridgehead atoms. The molecule has 0 spiro atoms. The van der Waals surface area contributed by atoms with Gasteiger partial charge in [-0.05, 0) is 11.5 Å². The molecule has 0 saturated carbocycles. The summed E-state index contributed by atoms with van der Waals surface area (Å²) in [6.07, 6.45) is 0. The number of aromatic nitrogens is 2. The predicted octanol–water partition coefficient (Wildman–Crippen LogP) is -0.271. The predicted molar refractivity (Wildman–Crippen MR) is 32.8 cm³/mol. The monoisotopic (exact) mass is 160 g/mol. The molecular formula is C4H4N2O3S. The van der Waals surface area contributed by atoms with Crippen molar-refractivity contribution in [3.05, 3.63) is 10.6 Å². The third-order valence-corrected chi connectivity index (χ3v) is 1.66. The van der Waals surface area contributed by atoms with Crippen molar-refractivity contribution >= 4 is 17.5 Å². The highest BCUT2D eigenvalue weighted by molar-refractivity contribution is 7.07. The number of aromatic carboxylic acids is 1. The average molecular weight is 160 g/mol. The number of aliphatic hydroxyl groups is 1. The number of carbonyl (C=O) groups is 1. The Hall–Kier alpha value is -1.01. The van der Waals surface area contributed by atoms with E-state index in [0.717, 1.165) is 11.5 Å². The molecule has 6 heteroatoms. The van der Waals surface area contributed by atoms with Crippen LogP contribution in [0.25, 0.3) is 0 Å². The topological polar surface area (TPSA) is 83.3 Å². The first kappa shape index (κ1) is 7.10. The van der Waals surface area contributed by atoms with E-state index in [9.17, 15) is 4.79 Å². The zero-order valence-electron chi connectivity index (χ0n) is 4.81. The first-order valence-electron chi connectivity index (χ1n) is 2.41. The number of nitrogens with zero attached hydrogens (tertiary/aromatic N) is 2. The van der Waals surface area contributed by atoms with Crippen molar-refractivity contribution in [1.82, 2.24) is 9.59 Å². The van der Waals surface area contributed by atoms with Crippen LogP contribution in [0.5, 0.6) is 0 Å². The van der Waals surface area contributed by atoms with Crippen molar-refractivity contribution in [3.8, 4) is 0 Å². The van der Waals surface area contributed by atoms with Crippen LogP contribution in [-0.2, 0) is 6.61 Å². The van der Waals surface area contributed by atoms with Gasteiger partial charge < -0.3 is 10.2 Å². The Kier molecular flexibility index (Phi) is 1.93. The lowest BCUT2D eigenvalue weighted by Crippen LogP contribution is -1.98. The van der Waals surface area contributed by atoms with Gasteiger partial charge in [-0.2, -0.15) is 0 Å². The van der Waals surface area contributed by atoms with Gasteiger partial charge in [0.25, 0.3) is 0 Å². The molecule has 0 amide bonds.